The SMILES string of the molecule is CCc1ccc(CC)c(C(=O)Cc2ccc(C)c(C)c2)c1. The minimum Gasteiger partial charge on any atom is -0.294 e. The maximum atomic E-state index is 12.7. The Morgan fingerprint density at radius 1 is 0.857 bits per heavy atom. The summed E-state index contributed by atoms with van der Waals surface area (Å²) in [7, 11) is 0. The van der Waals surface area contributed by atoms with Gasteiger partial charge in [0.25, 0.3) is 0 Å². The molecule has 0 amide bonds. The van der Waals surface area contributed by atoms with Gasteiger partial charge in [-0.1, -0.05) is 44.2 Å². The Hall–Kier alpha value is -1.89. The van der Waals surface area contributed by atoms with Crippen LogP contribution in [0.4, 0.5) is 0 Å². The number of rotatable bonds is 5. The van der Waals surface area contributed by atoms with Crippen LogP contribution in [-0.4, -0.2) is 5.78 Å². The Morgan fingerprint density at radius 3 is 2.19 bits per heavy atom. The summed E-state index contributed by atoms with van der Waals surface area (Å²) in [6.45, 7) is 8.42. The van der Waals surface area contributed by atoms with Crippen molar-refractivity contribution in [2.45, 2.75) is 47.0 Å². The van der Waals surface area contributed by atoms with Crippen LogP contribution in [0.25, 0.3) is 0 Å². The van der Waals surface area contributed by atoms with E-state index in [1.54, 1.807) is 0 Å². The number of carbonyl (C=O) groups excluding carboxylic acids is 1. The van der Waals surface area contributed by atoms with Crippen molar-refractivity contribution in [2.24, 2.45) is 0 Å². The molecular weight excluding hydrogens is 256 g/mol. The normalized spacial score (nSPS) is 10.7. The van der Waals surface area contributed by atoms with E-state index >= 15 is 0 Å². The van der Waals surface area contributed by atoms with Gasteiger partial charge in [-0.2, -0.15) is 0 Å². The Kier molecular flexibility index (Phi) is 4.95. The summed E-state index contributed by atoms with van der Waals surface area (Å²) in [5.41, 5.74) is 6.91. The molecule has 2 aromatic rings. The third-order valence-electron chi connectivity index (χ3n) is 4.20. The van der Waals surface area contributed by atoms with Gasteiger partial charge in [0.05, 0.1) is 0 Å². The molecule has 0 saturated carbocycles. The molecule has 0 atom stereocenters. The number of hydrogen-bond acceptors (Lipinski definition) is 1. The van der Waals surface area contributed by atoms with Crippen molar-refractivity contribution < 1.29 is 4.79 Å². The third-order valence-corrected chi connectivity index (χ3v) is 4.20. The minimum absolute atomic E-state index is 0.227. The first-order valence-electron chi connectivity index (χ1n) is 7.76. The molecule has 0 fully saturated rings. The molecule has 2 rings (SSSR count). The molecular formula is C20H24O. The second-order valence-corrected chi connectivity index (χ2v) is 5.72. The molecule has 2 aromatic carbocycles. The summed E-state index contributed by atoms with van der Waals surface area (Å²) in [5, 5.41) is 0. The van der Waals surface area contributed by atoms with Crippen LogP contribution in [0, 0.1) is 13.8 Å². The number of Topliss-reactive ketones (excluding diaryl/α,β-unsaturated/α-hetero) is 1. The van der Waals surface area contributed by atoms with Crippen molar-refractivity contribution in [1.29, 1.82) is 0 Å². The molecule has 1 nitrogen and oxygen atoms in total. The highest BCUT2D eigenvalue weighted by Crippen LogP contribution is 2.18. The predicted molar refractivity (Wildman–Crippen MR) is 89.1 cm³/mol. The van der Waals surface area contributed by atoms with Gasteiger partial charge in [0, 0.05) is 12.0 Å². The summed E-state index contributed by atoms with van der Waals surface area (Å²) in [5.74, 6) is 0.227. The van der Waals surface area contributed by atoms with Crippen LogP contribution in [0.5, 0.6) is 0 Å². The minimum atomic E-state index is 0.227. The van der Waals surface area contributed by atoms with Gasteiger partial charge in [-0.25, -0.2) is 0 Å². The lowest BCUT2D eigenvalue weighted by Gasteiger charge is -2.10. The second-order valence-electron chi connectivity index (χ2n) is 5.72. The first kappa shape index (κ1) is 15.5. The van der Waals surface area contributed by atoms with Gasteiger partial charge in [0.15, 0.2) is 5.78 Å². The van der Waals surface area contributed by atoms with Crippen molar-refractivity contribution in [2.75, 3.05) is 0 Å². The zero-order valence-corrected chi connectivity index (χ0v) is 13.5. The number of ketones is 1. The fourth-order valence-corrected chi connectivity index (χ4v) is 2.61. The van der Waals surface area contributed by atoms with Crippen LogP contribution in [0.3, 0.4) is 0 Å². The second kappa shape index (κ2) is 6.71. The number of benzene rings is 2. The van der Waals surface area contributed by atoms with Crippen LogP contribution in [0.15, 0.2) is 36.4 Å². The largest absolute Gasteiger partial charge is 0.294 e. The highest BCUT2D eigenvalue weighted by molar-refractivity contribution is 5.99. The molecule has 0 aliphatic heterocycles. The zero-order chi connectivity index (χ0) is 15.4. The molecule has 0 spiro atoms. The fraction of sp³-hybridized carbons (Fsp3) is 0.350. The predicted octanol–water partition coefficient (Wildman–Crippen LogP) is 4.85. The quantitative estimate of drug-likeness (QED) is 0.715. The Bertz CT molecular complexity index is 653. The van der Waals surface area contributed by atoms with Crippen LogP contribution >= 0.6 is 0 Å². The van der Waals surface area contributed by atoms with E-state index in [4.69, 9.17) is 0 Å². The van der Waals surface area contributed by atoms with E-state index in [2.05, 4.69) is 64.1 Å². The lowest BCUT2D eigenvalue weighted by Crippen LogP contribution is -2.08. The summed E-state index contributed by atoms with van der Waals surface area (Å²) in [6, 6.07) is 12.6. The van der Waals surface area contributed by atoms with Gasteiger partial charge in [-0.3, -0.25) is 4.79 Å². The van der Waals surface area contributed by atoms with Crippen LogP contribution < -0.4 is 0 Å². The first-order chi connectivity index (χ1) is 10.0. The number of hydrogen-bond donors (Lipinski definition) is 0. The summed E-state index contributed by atoms with van der Waals surface area (Å²) >= 11 is 0. The molecule has 0 heterocycles. The molecule has 0 bridgehead atoms. The van der Waals surface area contributed by atoms with Gasteiger partial charge in [-0.05, 0) is 60.6 Å². The molecule has 0 saturated heterocycles. The molecule has 0 radical (unpaired) electrons. The first-order valence-corrected chi connectivity index (χ1v) is 7.76. The number of aryl methyl sites for hydroxylation is 4. The topological polar surface area (TPSA) is 17.1 Å². The van der Waals surface area contributed by atoms with Gasteiger partial charge in [0.1, 0.15) is 0 Å². The number of carbonyl (C=O) groups is 1. The van der Waals surface area contributed by atoms with Crippen LogP contribution in [-0.2, 0) is 19.3 Å². The average molecular weight is 280 g/mol. The highest BCUT2D eigenvalue weighted by Gasteiger charge is 2.12. The zero-order valence-electron chi connectivity index (χ0n) is 13.5. The Morgan fingerprint density at radius 2 is 1.57 bits per heavy atom. The monoisotopic (exact) mass is 280 g/mol. The average Bonchev–Trinajstić information content (AvgIpc) is 2.50. The standard InChI is InChI=1S/C20H24O/c1-5-16-9-10-18(6-2)19(12-16)20(21)13-17-8-7-14(3)15(4)11-17/h7-12H,5-6,13H2,1-4H3. The Labute approximate surface area is 128 Å². The molecule has 110 valence electrons. The van der Waals surface area contributed by atoms with E-state index < -0.39 is 0 Å². The van der Waals surface area contributed by atoms with Gasteiger partial charge in [-0.15, -0.1) is 0 Å². The lowest BCUT2D eigenvalue weighted by atomic mass is 9.94. The lowest BCUT2D eigenvalue weighted by molar-refractivity contribution is 0.0992. The third kappa shape index (κ3) is 3.60. The molecule has 0 N–H and O–H groups in total. The van der Waals surface area contributed by atoms with Crippen molar-refractivity contribution in [3.63, 3.8) is 0 Å². The summed E-state index contributed by atoms with van der Waals surface area (Å²) in [6.07, 6.45) is 2.35. The van der Waals surface area contributed by atoms with Crippen LogP contribution in [0.1, 0.15) is 52.0 Å². The van der Waals surface area contributed by atoms with E-state index in [0.29, 0.717) is 6.42 Å². The molecule has 21 heavy (non-hydrogen) atoms. The van der Waals surface area contributed by atoms with Crippen LogP contribution in [0.2, 0.25) is 0 Å². The Balaban J connectivity index is 2.28. The summed E-state index contributed by atoms with van der Waals surface area (Å²) in [4.78, 5) is 12.7. The molecule has 0 aliphatic carbocycles. The molecule has 0 aromatic heterocycles. The van der Waals surface area contributed by atoms with E-state index in [1.807, 2.05) is 0 Å². The van der Waals surface area contributed by atoms with Gasteiger partial charge < -0.3 is 0 Å². The molecule has 1 heteroatoms. The highest BCUT2D eigenvalue weighted by atomic mass is 16.1. The van der Waals surface area contributed by atoms with E-state index in [0.717, 1.165) is 29.5 Å². The summed E-state index contributed by atoms with van der Waals surface area (Å²) < 4.78 is 0. The molecule has 0 aliphatic rings. The smallest absolute Gasteiger partial charge is 0.167 e. The van der Waals surface area contributed by atoms with Crippen molar-refractivity contribution in [3.8, 4) is 0 Å². The van der Waals surface area contributed by atoms with Gasteiger partial charge >= 0.3 is 0 Å². The van der Waals surface area contributed by atoms with Gasteiger partial charge in [0.2, 0.25) is 0 Å². The van der Waals surface area contributed by atoms with Crippen molar-refractivity contribution in [1.82, 2.24) is 0 Å². The maximum Gasteiger partial charge on any atom is 0.167 e. The van der Waals surface area contributed by atoms with E-state index in [-0.39, 0.29) is 5.78 Å². The van der Waals surface area contributed by atoms with Crippen molar-refractivity contribution in [3.05, 3.63) is 69.8 Å². The molecule has 0 unspecified atom stereocenters. The van der Waals surface area contributed by atoms with Crippen molar-refractivity contribution >= 4 is 5.78 Å². The van der Waals surface area contributed by atoms with E-state index in [9.17, 15) is 4.79 Å². The fourth-order valence-electron chi connectivity index (χ4n) is 2.61. The van der Waals surface area contributed by atoms with E-state index in [1.165, 1.54) is 16.7 Å². The maximum absolute atomic E-state index is 12.7.